The number of carbonyl (C=O) groups excluding carboxylic acids is 1. The van der Waals surface area contributed by atoms with Crippen LogP contribution < -0.4 is 0 Å². The molecule has 0 aromatic rings. The summed E-state index contributed by atoms with van der Waals surface area (Å²) in [5.41, 5.74) is 0. The Morgan fingerprint density at radius 1 is 1.73 bits per heavy atom. The van der Waals surface area contributed by atoms with Crippen LogP contribution in [-0.4, -0.2) is 29.5 Å². The third kappa shape index (κ3) is 6.19. The van der Waals surface area contributed by atoms with Crippen LogP contribution in [0, 0.1) is 0 Å². The Hall–Kier alpha value is -0.220. The summed E-state index contributed by atoms with van der Waals surface area (Å²) in [5, 5.41) is 8.26. The van der Waals surface area contributed by atoms with Crippen LogP contribution in [0.25, 0.3) is 0 Å². The smallest absolute Gasteiger partial charge is 0.305 e. The summed E-state index contributed by atoms with van der Waals surface area (Å²) in [6.07, 6.45) is 1.22. The fraction of sp³-hybridized carbons (Fsp3) is 0.857. The number of carbonyl (C=O) groups is 1. The van der Waals surface area contributed by atoms with Crippen molar-refractivity contribution in [2.24, 2.45) is 0 Å². The quantitative estimate of drug-likeness (QED) is 0.479. The summed E-state index contributed by atoms with van der Waals surface area (Å²) < 4.78 is 4.76. The Balaban J connectivity index is 3.30. The molecule has 4 heteroatoms. The van der Waals surface area contributed by atoms with Crippen LogP contribution in [0.4, 0.5) is 0 Å². The number of hydrogen-bond acceptors (Lipinski definition) is 4. The molecule has 0 spiro atoms. The van der Waals surface area contributed by atoms with Gasteiger partial charge in [-0.3, -0.25) is 4.79 Å². The van der Waals surface area contributed by atoms with E-state index in [1.165, 1.54) is 0 Å². The summed E-state index contributed by atoms with van der Waals surface area (Å²) in [7, 11) is 0. The lowest BCUT2D eigenvalue weighted by molar-refractivity contribution is -0.143. The molecule has 0 amide bonds. The van der Waals surface area contributed by atoms with Crippen LogP contribution in [0.2, 0.25) is 0 Å². The normalized spacial score (nSPS) is 12.6. The van der Waals surface area contributed by atoms with Crippen LogP contribution in [-0.2, 0) is 9.53 Å². The van der Waals surface area contributed by atoms with Crippen molar-refractivity contribution in [3.05, 3.63) is 0 Å². The number of hydrogen-bond donors (Lipinski definition) is 2. The monoisotopic (exact) mass is 178 g/mol. The second-order valence-electron chi connectivity index (χ2n) is 2.27. The molecule has 0 rings (SSSR count). The Morgan fingerprint density at radius 2 is 2.36 bits per heavy atom. The average molecular weight is 178 g/mol. The van der Waals surface area contributed by atoms with Crippen LogP contribution in [0.5, 0.6) is 0 Å². The molecule has 66 valence electrons. The van der Waals surface area contributed by atoms with Crippen molar-refractivity contribution < 1.29 is 14.6 Å². The molecule has 0 saturated heterocycles. The summed E-state index contributed by atoms with van der Waals surface area (Å²) in [4.78, 5) is 10.7. The van der Waals surface area contributed by atoms with Gasteiger partial charge in [0.2, 0.25) is 0 Å². The molecule has 0 aliphatic heterocycles. The summed E-state index contributed by atoms with van der Waals surface area (Å²) in [5.74, 6) is -0.222. The maximum absolute atomic E-state index is 10.7. The lowest BCUT2D eigenvalue weighted by Crippen LogP contribution is -2.16. The van der Waals surface area contributed by atoms with E-state index in [0.29, 0.717) is 6.42 Å². The van der Waals surface area contributed by atoms with Gasteiger partial charge >= 0.3 is 5.97 Å². The topological polar surface area (TPSA) is 46.5 Å². The van der Waals surface area contributed by atoms with Gasteiger partial charge in [0.05, 0.1) is 11.9 Å². The molecular weight excluding hydrogens is 164 g/mol. The summed E-state index contributed by atoms with van der Waals surface area (Å²) >= 11 is 3.95. The van der Waals surface area contributed by atoms with Crippen molar-refractivity contribution in [1.82, 2.24) is 0 Å². The van der Waals surface area contributed by atoms with E-state index in [2.05, 4.69) is 12.6 Å². The fourth-order valence-corrected chi connectivity index (χ4v) is 0.593. The number of ether oxygens (including phenoxy) is 1. The largest absolute Gasteiger partial charge is 0.464 e. The van der Waals surface area contributed by atoms with Crippen molar-refractivity contribution in [2.75, 3.05) is 13.2 Å². The molecule has 1 N–H and O–H groups in total. The first-order chi connectivity index (χ1) is 5.20. The molecule has 0 aliphatic carbocycles. The Kier molecular flexibility index (Phi) is 6.36. The number of aliphatic hydroxyl groups is 1. The van der Waals surface area contributed by atoms with Gasteiger partial charge in [0, 0.05) is 6.42 Å². The van der Waals surface area contributed by atoms with Gasteiger partial charge in [-0.05, 0) is 6.42 Å². The van der Waals surface area contributed by atoms with E-state index in [1.807, 2.05) is 6.92 Å². The van der Waals surface area contributed by atoms with E-state index in [-0.39, 0.29) is 24.4 Å². The molecule has 0 aliphatic rings. The predicted octanol–water partition coefficient (Wildman–Crippen LogP) is 0.620. The highest BCUT2D eigenvalue weighted by Gasteiger charge is 2.05. The number of aliphatic hydroxyl groups excluding tert-OH is 1. The predicted molar refractivity (Wildman–Crippen MR) is 45.7 cm³/mol. The van der Waals surface area contributed by atoms with E-state index in [1.54, 1.807) is 0 Å². The Labute approximate surface area is 72.2 Å². The van der Waals surface area contributed by atoms with Crippen LogP contribution >= 0.6 is 12.6 Å². The zero-order chi connectivity index (χ0) is 8.69. The van der Waals surface area contributed by atoms with Gasteiger partial charge in [0.15, 0.2) is 0 Å². The summed E-state index contributed by atoms with van der Waals surface area (Å²) in [6.45, 7) is 2.03. The van der Waals surface area contributed by atoms with Crippen molar-refractivity contribution in [3.63, 3.8) is 0 Å². The molecule has 0 aromatic carbocycles. The highest BCUT2D eigenvalue weighted by atomic mass is 32.1. The lowest BCUT2D eigenvalue weighted by Gasteiger charge is -2.07. The fourth-order valence-electron chi connectivity index (χ4n) is 0.518. The molecule has 11 heavy (non-hydrogen) atoms. The molecule has 1 atom stereocenters. The van der Waals surface area contributed by atoms with Crippen molar-refractivity contribution in [1.29, 1.82) is 0 Å². The lowest BCUT2D eigenvalue weighted by atomic mass is 10.3. The molecule has 3 nitrogen and oxygen atoms in total. The van der Waals surface area contributed by atoms with Crippen molar-refractivity contribution in [3.8, 4) is 0 Å². The molecular formula is C7H14O3S. The number of rotatable bonds is 5. The van der Waals surface area contributed by atoms with Crippen LogP contribution in [0.1, 0.15) is 19.8 Å². The highest BCUT2D eigenvalue weighted by molar-refractivity contribution is 7.81. The first-order valence-electron chi connectivity index (χ1n) is 3.65. The summed E-state index contributed by atoms with van der Waals surface area (Å²) in [6, 6.07) is 0. The van der Waals surface area contributed by atoms with Gasteiger partial charge in [-0.1, -0.05) is 6.92 Å². The molecule has 0 saturated carbocycles. The molecule has 0 bridgehead atoms. The maximum Gasteiger partial charge on any atom is 0.305 e. The third-order valence-electron chi connectivity index (χ3n) is 1.10. The number of esters is 1. The third-order valence-corrected chi connectivity index (χ3v) is 1.41. The van der Waals surface area contributed by atoms with Crippen LogP contribution in [0.3, 0.4) is 0 Å². The minimum Gasteiger partial charge on any atom is -0.464 e. The maximum atomic E-state index is 10.7. The van der Waals surface area contributed by atoms with Gasteiger partial charge in [-0.2, -0.15) is 12.6 Å². The van der Waals surface area contributed by atoms with Crippen molar-refractivity contribution in [2.45, 2.75) is 25.0 Å². The molecule has 0 aromatic heterocycles. The van der Waals surface area contributed by atoms with E-state index < -0.39 is 0 Å². The Morgan fingerprint density at radius 3 is 2.82 bits per heavy atom. The van der Waals surface area contributed by atoms with E-state index in [9.17, 15) is 4.79 Å². The first kappa shape index (κ1) is 10.8. The van der Waals surface area contributed by atoms with Crippen LogP contribution in [0.15, 0.2) is 0 Å². The Bertz CT molecular complexity index is 116. The van der Waals surface area contributed by atoms with E-state index in [4.69, 9.17) is 9.84 Å². The standard InChI is InChI=1S/C7H14O3S/c1-2-3-7(9)10-5-6(11)4-8/h6,8,11H,2-5H2,1H3. The van der Waals surface area contributed by atoms with E-state index in [0.717, 1.165) is 6.42 Å². The van der Waals surface area contributed by atoms with Gasteiger partial charge in [0.25, 0.3) is 0 Å². The minimum absolute atomic E-state index is 0.0669. The minimum atomic E-state index is -0.254. The highest BCUT2D eigenvalue weighted by Crippen LogP contribution is 1.97. The number of thiol groups is 1. The second-order valence-corrected chi connectivity index (χ2v) is 3.00. The molecule has 1 unspecified atom stereocenters. The zero-order valence-corrected chi connectivity index (χ0v) is 7.51. The molecule has 0 heterocycles. The average Bonchev–Trinajstić information content (AvgIpc) is 2.01. The molecule has 0 radical (unpaired) electrons. The first-order valence-corrected chi connectivity index (χ1v) is 4.16. The van der Waals surface area contributed by atoms with Gasteiger partial charge < -0.3 is 9.84 Å². The SMILES string of the molecule is CCCC(=O)OCC(S)CO. The van der Waals surface area contributed by atoms with E-state index >= 15 is 0 Å². The van der Waals surface area contributed by atoms with Gasteiger partial charge in [-0.15, -0.1) is 0 Å². The van der Waals surface area contributed by atoms with Crippen molar-refractivity contribution >= 4 is 18.6 Å². The van der Waals surface area contributed by atoms with Gasteiger partial charge in [-0.25, -0.2) is 0 Å². The van der Waals surface area contributed by atoms with Gasteiger partial charge in [0.1, 0.15) is 6.61 Å². The molecule has 0 fully saturated rings. The second kappa shape index (κ2) is 6.49. The zero-order valence-electron chi connectivity index (χ0n) is 6.62.